The van der Waals surface area contributed by atoms with Crippen LogP contribution in [0.25, 0.3) is 0 Å². The standard InChI is InChI=1S/C11H23NO2/c1-7(2)6-9(5)14-11(13)10(12)8(3)4/h7-10H,6,12H2,1-5H3/t9?,10-/m1/s1. The minimum Gasteiger partial charge on any atom is -0.461 e. The van der Waals surface area contributed by atoms with E-state index in [2.05, 4.69) is 13.8 Å². The molecule has 0 aromatic rings. The van der Waals surface area contributed by atoms with Crippen LogP contribution >= 0.6 is 0 Å². The van der Waals surface area contributed by atoms with E-state index in [1.54, 1.807) is 0 Å². The normalized spacial score (nSPS) is 15.7. The average Bonchev–Trinajstić information content (AvgIpc) is 2.00. The lowest BCUT2D eigenvalue weighted by atomic mass is 10.1. The number of hydrogen-bond acceptors (Lipinski definition) is 3. The van der Waals surface area contributed by atoms with Gasteiger partial charge in [-0.1, -0.05) is 27.7 Å². The molecule has 2 atom stereocenters. The second-order valence-electron chi connectivity index (χ2n) is 4.65. The van der Waals surface area contributed by atoms with Crippen molar-refractivity contribution in [3.63, 3.8) is 0 Å². The molecule has 0 heterocycles. The van der Waals surface area contributed by atoms with Crippen LogP contribution in [-0.4, -0.2) is 18.1 Å². The van der Waals surface area contributed by atoms with Crippen LogP contribution < -0.4 is 5.73 Å². The number of ether oxygens (including phenoxy) is 1. The summed E-state index contributed by atoms with van der Waals surface area (Å²) in [6.07, 6.45) is 0.851. The zero-order valence-corrected chi connectivity index (χ0v) is 9.91. The second-order valence-corrected chi connectivity index (χ2v) is 4.65. The lowest BCUT2D eigenvalue weighted by molar-refractivity contribution is -0.151. The van der Waals surface area contributed by atoms with E-state index in [0.29, 0.717) is 5.92 Å². The smallest absolute Gasteiger partial charge is 0.323 e. The van der Waals surface area contributed by atoms with E-state index in [1.807, 2.05) is 20.8 Å². The molecule has 3 nitrogen and oxygen atoms in total. The Labute approximate surface area is 87.0 Å². The van der Waals surface area contributed by atoms with Gasteiger partial charge in [-0.25, -0.2) is 0 Å². The minimum absolute atomic E-state index is 0.0349. The topological polar surface area (TPSA) is 52.3 Å². The maximum Gasteiger partial charge on any atom is 0.323 e. The monoisotopic (exact) mass is 201 g/mol. The highest BCUT2D eigenvalue weighted by molar-refractivity contribution is 5.75. The summed E-state index contributed by atoms with van der Waals surface area (Å²) in [6, 6.07) is -0.496. The van der Waals surface area contributed by atoms with Crippen LogP contribution in [0.15, 0.2) is 0 Å². The second kappa shape index (κ2) is 6.02. The number of carbonyl (C=O) groups is 1. The quantitative estimate of drug-likeness (QED) is 0.692. The van der Waals surface area contributed by atoms with Gasteiger partial charge in [0.05, 0.1) is 6.10 Å². The largest absolute Gasteiger partial charge is 0.461 e. The van der Waals surface area contributed by atoms with Gasteiger partial charge in [-0.2, -0.15) is 0 Å². The molecule has 0 radical (unpaired) electrons. The first-order valence-corrected chi connectivity index (χ1v) is 5.30. The number of rotatable bonds is 5. The highest BCUT2D eigenvalue weighted by atomic mass is 16.5. The first-order chi connectivity index (χ1) is 6.34. The molecule has 3 heteroatoms. The van der Waals surface area contributed by atoms with Crippen LogP contribution in [0.2, 0.25) is 0 Å². The van der Waals surface area contributed by atoms with Crippen LogP contribution in [0.5, 0.6) is 0 Å². The van der Waals surface area contributed by atoms with Crippen molar-refractivity contribution in [3.8, 4) is 0 Å². The molecular weight excluding hydrogens is 178 g/mol. The van der Waals surface area contributed by atoms with Gasteiger partial charge in [0, 0.05) is 0 Å². The Morgan fingerprint density at radius 1 is 1.21 bits per heavy atom. The highest BCUT2D eigenvalue weighted by Gasteiger charge is 2.21. The van der Waals surface area contributed by atoms with Gasteiger partial charge >= 0.3 is 5.97 Å². The first-order valence-electron chi connectivity index (χ1n) is 5.30. The molecule has 0 aromatic heterocycles. The molecular formula is C11H23NO2. The van der Waals surface area contributed by atoms with E-state index in [-0.39, 0.29) is 18.0 Å². The zero-order valence-electron chi connectivity index (χ0n) is 9.91. The summed E-state index contributed by atoms with van der Waals surface area (Å²) in [6.45, 7) is 9.95. The zero-order chi connectivity index (χ0) is 11.3. The third kappa shape index (κ3) is 5.22. The predicted octanol–water partition coefficient (Wildman–Crippen LogP) is 1.95. The minimum atomic E-state index is -0.496. The van der Waals surface area contributed by atoms with E-state index >= 15 is 0 Å². The number of esters is 1. The number of hydrogen-bond donors (Lipinski definition) is 1. The molecule has 0 aliphatic rings. The number of nitrogens with two attached hydrogens (primary N) is 1. The van der Waals surface area contributed by atoms with E-state index in [4.69, 9.17) is 10.5 Å². The predicted molar refractivity (Wildman–Crippen MR) is 57.8 cm³/mol. The summed E-state index contributed by atoms with van der Waals surface area (Å²) in [5.74, 6) is 0.384. The summed E-state index contributed by atoms with van der Waals surface area (Å²) in [5, 5.41) is 0. The van der Waals surface area contributed by atoms with Gasteiger partial charge in [0.15, 0.2) is 0 Å². The molecule has 0 saturated heterocycles. The SMILES string of the molecule is CC(C)CC(C)OC(=O)[C@H](N)C(C)C. The average molecular weight is 201 g/mol. The summed E-state index contributed by atoms with van der Waals surface area (Å²) >= 11 is 0. The Bertz CT molecular complexity index is 178. The summed E-state index contributed by atoms with van der Waals surface area (Å²) in [7, 11) is 0. The molecule has 0 amide bonds. The molecule has 0 saturated carbocycles. The molecule has 0 aliphatic carbocycles. The molecule has 84 valence electrons. The van der Waals surface area contributed by atoms with Crippen molar-refractivity contribution in [2.24, 2.45) is 17.6 Å². The summed E-state index contributed by atoms with van der Waals surface area (Å²) in [4.78, 5) is 11.4. The van der Waals surface area contributed by atoms with Gasteiger partial charge in [-0.05, 0) is 25.2 Å². The Morgan fingerprint density at radius 3 is 2.07 bits per heavy atom. The fourth-order valence-electron chi connectivity index (χ4n) is 1.26. The van der Waals surface area contributed by atoms with Crippen LogP contribution in [-0.2, 0) is 9.53 Å². The van der Waals surface area contributed by atoms with Crippen LogP contribution in [0.4, 0.5) is 0 Å². The van der Waals surface area contributed by atoms with Gasteiger partial charge < -0.3 is 10.5 Å². The molecule has 0 fully saturated rings. The molecule has 2 N–H and O–H groups in total. The van der Waals surface area contributed by atoms with Gasteiger partial charge in [0.2, 0.25) is 0 Å². The Morgan fingerprint density at radius 2 is 1.71 bits per heavy atom. The van der Waals surface area contributed by atoms with Gasteiger partial charge in [0.1, 0.15) is 6.04 Å². The Balaban J connectivity index is 3.93. The first kappa shape index (κ1) is 13.4. The fraction of sp³-hybridized carbons (Fsp3) is 0.909. The highest BCUT2D eigenvalue weighted by Crippen LogP contribution is 2.09. The molecule has 14 heavy (non-hydrogen) atoms. The third-order valence-corrected chi connectivity index (χ3v) is 2.11. The van der Waals surface area contributed by atoms with Crippen LogP contribution in [0.3, 0.4) is 0 Å². The molecule has 0 rings (SSSR count). The Hall–Kier alpha value is -0.570. The maximum atomic E-state index is 11.4. The van der Waals surface area contributed by atoms with Crippen molar-refractivity contribution >= 4 is 5.97 Å². The van der Waals surface area contributed by atoms with Gasteiger partial charge in [-0.15, -0.1) is 0 Å². The van der Waals surface area contributed by atoms with Crippen molar-refractivity contribution in [2.45, 2.75) is 53.2 Å². The van der Waals surface area contributed by atoms with Crippen molar-refractivity contribution < 1.29 is 9.53 Å². The molecule has 0 spiro atoms. The van der Waals surface area contributed by atoms with Crippen molar-refractivity contribution in [1.82, 2.24) is 0 Å². The Kier molecular flexibility index (Phi) is 5.77. The van der Waals surface area contributed by atoms with Crippen molar-refractivity contribution in [1.29, 1.82) is 0 Å². The molecule has 1 unspecified atom stereocenters. The summed E-state index contributed by atoms with van der Waals surface area (Å²) < 4.78 is 5.22. The molecule has 0 aliphatic heterocycles. The third-order valence-electron chi connectivity index (χ3n) is 2.11. The van der Waals surface area contributed by atoms with E-state index in [1.165, 1.54) is 0 Å². The lowest BCUT2D eigenvalue weighted by Gasteiger charge is -2.19. The lowest BCUT2D eigenvalue weighted by Crippen LogP contribution is -2.38. The van der Waals surface area contributed by atoms with Gasteiger partial charge in [-0.3, -0.25) is 4.79 Å². The van der Waals surface area contributed by atoms with Crippen molar-refractivity contribution in [3.05, 3.63) is 0 Å². The van der Waals surface area contributed by atoms with Crippen LogP contribution in [0.1, 0.15) is 41.0 Å². The van der Waals surface area contributed by atoms with Crippen LogP contribution in [0, 0.1) is 11.8 Å². The van der Waals surface area contributed by atoms with E-state index in [9.17, 15) is 4.79 Å². The molecule has 0 bridgehead atoms. The van der Waals surface area contributed by atoms with E-state index in [0.717, 1.165) is 6.42 Å². The number of carbonyl (C=O) groups excluding carboxylic acids is 1. The van der Waals surface area contributed by atoms with E-state index < -0.39 is 6.04 Å². The fourth-order valence-corrected chi connectivity index (χ4v) is 1.26. The van der Waals surface area contributed by atoms with Crippen molar-refractivity contribution in [2.75, 3.05) is 0 Å². The van der Waals surface area contributed by atoms with Gasteiger partial charge in [0.25, 0.3) is 0 Å². The molecule has 0 aromatic carbocycles. The maximum absolute atomic E-state index is 11.4. The summed E-state index contributed by atoms with van der Waals surface area (Å²) in [5.41, 5.74) is 5.66.